The second kappa shape index (κ2) is 14.2. The lowest BCUT2D eigenvalue weighted by atomic mass is 9.80. The number of carbonyl (C=O) groups excluding carboxylic acids is 4. The van der Waals surface area contributed by atoms with E-state index in [2.05, 4.69) is 10.6 Å². The number of unbranched alkanes of at least 4 members (excludes halogenated alkanes) is 3. The molecule has 12 heteroatoms. The SMILES string of the molecule is CC(=O)ON1C(C)(C)CC(OC(=O)NCCCCCCNC(=O)OC2CC(C)(C)N(OC(C)=O)C(C)(C)C2)CC1(C)C. The van der Waals surface area contributed by atoms with Gasteiger partial charge in [-0.1, -0.05) is 12.8 Å². The maximum atomic E-state index is 12.4. The van der Waals surface area contributed by atoms with Crippen molar-refractivity contribution in [3.63, 3.8) is 0 Å². The van der Waals surface area contributed by atoms with Gasteiger partial charge in [-0.25, -0.2) is 9.59 Å². The maximum Gasteiger partial charge on any atom is 0.407 e. The van der Waals surface area contributed by atoms with E-state index >= 15 is 0 Å². The van der Waals surface area contributed by atoms with Crippen LogP contribution in [0.1, 0.15) is 121 Å². The molecule has 2 amide bonds. The molecule has 0 unspecified atom stereocenters. The minimum Gasteiger partial charge on any atom is -0.446 e. The number of ether oxygens (including phenoxy) is 2. The van der Waals surface area contributed by atoms with Crippen LogP contribution in [0.2, 0.25) is 0 Å². The van der Waals surface area contributed by atoms with Crippen molar-refractivity contribution in [3.05, 3.63) is 0 Å². The van der Waals surface area contributed by atoms with Crippen LogP contribution in [-0.2, 0) is 28.7 Å². The first-order chi connectivity index (χ1) is 19.2. The second-order valence-electron chi connectivity index (χ2n) is 14.1. The Morgan fingerprint density at radius 1 is 0.571 bits per heavy atom. The third-order valence-electron chi connectivity index (χ3n) is 7.74. The summed E-state index contributed by atoms with van der Waals surface area (Å²) < 4.78 is 11.4. The average molecular weight is 599 g/mol. The van der Waals surface area contributed by atoms with Crippen LogP contribution in [0.4, 0.5) is 9.59 Å². The van der Waals surface area contributed by atoms with E-state index in [4.69, 9.17) is 19.1 Å². The largest absolute Gasteiger partial charge is 0.446 e. The van der Waals surface area contributed by atoms with E-state index in [-0.39, 0.29) is 24.1 Å². The lowest BCUT2D eigenvalue weighted by Gasteiger charge is -2.52. The molecule has 0 aromatic heterocycles. The molecule has 2 aliphatic heterocycles. The van der Waals surface area contributed by atoms with E-state index in [1.807, 2.05) is 55.4 Å². The predicted octanol–water partition coefficient (Wildman–Crippen LogP) is 5.00. The molecule has 0 bridgehead atoms. The van der Waals surface area contributed by atoms with Gasteiger partial charge in [0.2, 0.25) is 0 Å². The van der Waals surface area contributed by atoms with Crippen molar-refractivity contribution in [1.29, 1.82) is 0 Å². The number of piperidine rings is 2. The Balaban J connectivity index is 1.61. The summed E-state index contributed by atoms with van der Waals surface area (Å²) in [6.07, 6.45) is 4.14. The topological polar surface area (TPSA) is 136 Å². The van der Waals surface area contributed by atoms with E-state index in [1.165, 1.54) is 13.8 Å². The molecular formula is C30H54N4O8. The molecule has 242 valence electrons. The van der Waals surface area contributed by atoms with Crippen LogP contribution in [0.5, 0.6) is 0 Å². The van der Waals surface area contributed by atoms with Crippen LogP contribution in [0.25, 0.3) is 0 Å². The number of carbonyl (C=O) groups is 4. The van der Waals surface area contributed by atoms with Crippen LogP contribution in [-0.4, -0.2) is 81.7 Å². The highest BCUT2D eigenvalue weighted by Gasteiger charge is 2.50. The summed E-state index contributed by atoms with van der Waals surface area (Å²) >= 11 is 0. The molecule has 42 heavy (non-hydrogen) atoms. The first-order valence-electron chi connectivity index (χ1n) is 15.1. The van der Waals surface area contributed by atoms with Crippen molar-refractivity contribution in [2.75, 3.05) is 13.1 Å². The van der Waals surface area contributed by atoms with Crippen molar-refractivity contribution in [3.8, 4) is 0 Å². The highest BCUT2D eigenvalue weighted by molar-refractivity contribution is 5.68. The molecule has 2 fully saturated rings. The minimum atomic E-state index is -0.477. The quantitative estimate of drug-likeness (QED) is 0.313. The molecule has 2 saturated heterocycles. The van der Waals surface area contributed by atoms with Gasteiger partial charge >= 0.3 is 24.1 Å². The third-order valence-corrected chi connectivity index (χ3v) is 7.74. The van der Waals surface area contributed by atoms with Crippen LogP contribution >= 0.6 is 0 Å². The van der Waals surface area contributed by atoms with E-state index in [9.17, 15) is 19.2 Å². The maximum absolute atomic E-state index is 12.4. The van der Waals surface area contributed by atoms with Crippen LogP contribution in [0, 0.1) is 0 Å². The second-order valence-corrected chi connectivity index (χ2v) is 14.1. The fourth-order valence-electron chi connectivity index (χ4n) is 6.63. The molecule has 0 radical (unpaired) electrons. The van der Waals surface area contributed by atoms with Gasteiger partial charge in [0.05, 0.1) is 22.2 Å². The van der Waals surface area contributed by atoms with Gasteiger partial charge in [-0.15, -0.1) is 10.1 Å². The summed E-state index contributed by atoms with van der Waals surface area (Å²) in [5.41, 5.74) is -1.91. The van der Waals surface area contributed by atoms with Crippen molar-refractivity contribution in [2.24, 2.45) is 0 Å². The summed E-state index contributed by atoms with van der Waals surface area (Å²) in [6.45, 7) is 19.5. The normalized spacial score (nSPS) is 22.0. The summed E-state index contributed by atoms with van der Waals surface area (Å²) in [5, 5.41) is 9.09. The lowest BCUT2D eigenvalue weighted by molar-refractivity contribution is -0.274. The van der Waals surface area contributed by atoms with E-state index in [0.29, 0.717) is 38.8 Å². The number of rotatable bonds is 11. The van der Waals surface area contributed by atoms with Gasteiger partial charge in [-0.3, -0.25) is 9.59 Å². The van der Waals surface area contributed by atoms with Crippen LogP contribution in [0.15, 0.2) is 0 Å². The fourth-order valence-corrected chi connectivity index (χ4v) is 6.63. The number of nitrogens with zero attached hydrogens (tertiary/aromatic N) is 2. The summed E-state index contributed by atoms with van der Waals surface area (Å²) in [4.78, 5) is 58.8. The number of hydrogen-bond donors (Lipinski definition) is 2. The molecule has 2 rings (SSSR count). The monoisotopic (exact) mass is 598 g/mol. The Hall–Kier alpha value is -2.60. The summed E-state index contributed by atoms with van der Waals surface area (Å²) in [7, 11) is 0. The Kier molecular flexibility index (Phi) is 12.1. The van der Waals surface area contributed by atoms with E-state index < -0.39 is 34.3 Å². The molecule has 0 atom stereocenters. The molecule has 2 aliphatic rings. The fraction of sp³-hybridized carbons (Fsp3) is 0.867. The van der Waals surface area contributed by atoms with Gasteiger partial charge in [0.25, 0.3) is 0 Å². The molecule has 12 nitrogen and oxygen atoms in total. The first-order valence-corrected chi connectivity index (χ1v) is 15.1. The third kappa shape index (κ3) is 10.6. The number of alkyl carbamates (subject to hydrolysis) is 2. The smallest absolute Gasteiger partial charge is 0.407 e. The van der Waals surface area contributed by atoms with Crippen LogP contribution in [0.3, 0.4) is 0 Å². The molecule has 2 heterocycles. The number of hydrogen-bond acceptors (Lipinski definition) is 10. The molecule has 0 aromatic rings. The molecule has 0 spiro atoms. The van der Waals surface area contributed by atoms with Gasteiger partial charge < -0.3 is 29.8 Å². The predicted molar refractivity (Wildman–Crippen MR) is 157 cm³/mol. The summed E-state index contributed by atoms with van der Waals surface area (Å²) in [6, 6.07) is 0. The Morgan fingerprint density at radius 2 is 0.857 bits per heavy atom. The molecule has 0 aromatic carbocycles. The average Bonchev–Trinajstić information content (AvgIpc) is 2.79. The van der Waals surface area contributed by atoms with E-state index in [0.717, 1.165) is 25.7 Å². The van der Waals surface area contributed by atoms with Crippen molar-refractivity contribution < 1.29 is 38.3 Å². The standard InChI is InChI=1S/C30H54N4O8/c1-21(35)41-33-27(3,4)17-23(18-28(33,5)6)39-25(37)31-15-13-11-12-14-16-32-26(38)40-24-19-29(7,8)34(42-22(2)36)30(9,10)20-24/h23-24H,11-20H2,1-10H3,(H,31,37)(H,32,38). The minimum absolute atomic E-state index is 0.286. The van der Waals surface area contributed by atoms with E-state index in [1.54, 1.807) is 10.1 Å². The highest BCUT2D eigenvalue weighted by Crippen LogP contribution is 2.41. The number of hydroxylamine groups is 4. The van der Waals surface area contributed by atoms with Gasteiger partial charge in [-0.05, 0) is 68.2 Å². The van der Waals surface area contributed by atoms with Gasteiger partial charge in [0, 0.05) is 52.6 Å². The van der Waals surface area contributed by atoms with Crippen LogP contribution < -0.4 is 10.6 Å². The molecular weight excluding hydrogens is 544 g/mol. The Labute approximate surface area is 251 Å². The van der Waals surface area contributed by atoms with Gasteiger partial charge in [0.1, 0.15) is 12.2 Å². The van der Waals surface area contributed by atoms with Crippen molar-refractivity contribution in [2.45, 2.75) is 155 Å². The molecule has 2 N–H and O–H groups in total. The van der Waals surface area contributed by atoms with Gasteiger partial charge in [-0.2, -0.15) is 0 Å². The van der Waals surface area contributed by atoms with Crippen molar-refractivity contribution >= 4 is 24.1 Å². The lowest BCUT2D eigenvalue weighted by Crippen LogP contribution is -2.62. The first kappa shape index (κ1) is 35.6. The Bertz CT molecular complexity index is 853. The Morgan fingerprint density at radius 3 is 1.12 bits per heavy atom. The number of nitrogens with one attached hydrogen (secondary N) is 2. The molecule has 0 saturated carbocycles. The zero-order chi connectivity index (χ0) is 31.9. The number of amides is 2. The zero-order valence-corrected chi connectivity index (χ0v) is 27.4. The summed E-state index contributed by atoms with van der Waals surface area (Å²) in [5.74, 6) is -0.737. The van der Waals surface area contributed by atoms with Gasteiger partial charge in [0.15, 0.2) is 0 Å². The zero-order valence-electron chi connectivity index (χ0n) is 27.4. The highest BCUT2D eigenvalue weighted by atomic mass is 16.7. The molecule has 0 aliphatic carbocycles. The van der Waals surface area contributed by atoms with Crippen molar-refractivity contribution in [1.82, 2.24) is 20.8 Å².